The molecular weight excluding hydrogens is 172 g/mol. The van der Waals surface area contributed by atoms with Gasteiger partial charge in [-0.05, 0) is 30.9 Å². The number of ether oxygens (including phenoxy) is 1. The summed E-state index contributed by atoms with van der Waals surface area (Å²) < 4.78 is 5.79. The van der Waals surface area contributed by atoms with E-state index in [1.807, 2.05) is 30.3 Å². The van der Waals surface area contributed by atoms with Crippen molar-refractivity contribution < 1.29 is 4.74 Å². The van der Waals surface area contributed by atoms with E-state index in [2.05, 4.69) is 27.7 Å². The van der Waals surface area contributed by atoms with Gasteiger partial charge in [-0.25, -0.2) is 0 Å². The van der Waals surface area contributed by atoms with Crippen LogP contribution in [0.1, 0.15) is 34.1 Å². The third kappa shape index (κ3) is 4.31. The Labute approximate surface area is 87.1 Å². The molecule has 1 unspecified atom stereocenters. The Hall–Kier alpha value is -0.980. The molecule has 0 aliphatic heterocycles. The van der Waals surface area contributed by atoms with Crippen LogP contribution in [0, 0.1) is 5.41 Å². The molecule has 0 aliphatic rings. The van der Waals surface area contributed by atoms with E-state index in [-0.39, 0.29) is 6.10 Å². The van der Waals surface area contributed by atoms with E-state index in [1.54, 1.807) is 0 Å². The minimum Gasteiger partial charge on any atom is -0.491 e. The number of hydrogen-bond acceptors (Lipinski definition) is 1. The van der Waals surface area contributed by atoms with Crippen LogP contribution in [0.3, 0.4) is 0 Å². The maximum absolute atomic E-state index is 5.79. The normalized spacial score (nSPS) is 13.7. The lowest BCUT2D eigenvalue weighted by Crippen LogP contribution is -2.20. The molecule has 0 bridgehead atoms. The van der Waals surface area contributed by atoms with Gasteiger partial charge in [-0.1, -0.05) is 39.0 Å². The smallest absolute Gasteiger partial charge is 0.119 e. The second-order valence-electron chi connectivity index (χ2n) is 5.01. The van der Waals surface area contributed by atoms with Crippen LogP contribution in [0.5, 0.6) is 5.75 Å². The van der Waals surface area contributed by atoms with Gasteiger partial charge in [-0.3, -0.25) is 0 Å². The topological polar surface area (TPSA) is 9.23 Å². The monoisotopic (exact) mass is 192 g/mol. The summed E-state index contributed by atoms with van der Waals surface area (Å²) in [7, 11) is 0. The molecule has 0 fully saturated rings. The highest BCUT2D eigenvalue weighted by atomic mass is 16.5. The molecule has 14 heavy (non-hydrogen) atoms. The Morgan fingerprint density at radius 3 is 2.21 bits per heavy atom. The van der Waals surface area contributed by atoms with Crippen LogP contribution in [-0.2, 0) is 0 Å². The second kappa shape index (κ2) is 4.50. The lowest BCUT2D eigenvalue weighted by Gasteiger charge is -2.23. The predicted octanol–water partition coefficient (Wildman–Crippen LogP) is 3.89. The predicted molar refractivity (Wildman–Crippen MR) is 60.6 cm³/mol. The van der Waals surface area contributed by atoms with Crippen LogP contribution in [0.2, 0.25) is 0 Å². The fraction of sp³-hybridized carbons (Fsp3) is 0.538. The molecule has 0 saturated carbocycles. The van der Waals surface area contributed by atoms with Gasteiger partial charge in [-0.15, -0.1) is 0 Å². The summed E-state index contributed by atoms with van der Waals surface area (Å²) in [6, 6.07) is 10.00. The molecule has 1 heteroatoms. The van der Waals surface area contributed by atoms with Gasteiger partial charge < -0.3 is 4.74 Å². The highest BCUT2D eigenvalue weighted by Gasteiger charge is 2.16. The van der Waals surface area contributed by atoms with Crippen molar-refractivity contribution in [3.8, 4) is 5.75 Å². The Bertz CT molecular complexity index is 258. The zero-order valence-electron chi connectivity index (χ0n) is 9.58. The van der Waals surface area contributed by atoms with E-state index < -0.39 is 0 Å². The van der Waals surface area contributed by atoms with Gasteiger partial charge in [0.1, 0.15) is 5.75 Å². The zero-order chi connectivity index (χ0) is 10.6. The van der Waals surface area contributed by atoms with E-state index in [4.69, 9.17) is 4.74 Å². The maximum atomic E-state index is 5.79. The van der Waals surface area contributed by atoms with Crippen LogP contribution >= 0.6 is 0 Å². The van der Waals surface area contributed by atoms with E-state index in [1.165, 1.54) is 0 Å². The van der Waals surface area contributed by atoms with E-state index in [9.17, 15) is 0 Å². The third-order valence-corrected chi connectivity index (χ3v) is 1.98. The van der Waals surface area contributed by atoms with E-state index in [0.717, 1.165) is 12.2 Å². The first-order valence-corrected chi connectivity index (χ1v) is 5.19. The SMILES string of the molecule is CC(CC(C)(C)C)Oc1ccccc1. The standard InChI is InChI=1S/C13H20O/c1-11(10-13(2,3)4)14-12-8-6-5-7-9-12/h5-9,11H,10H2,1-4H3. The molecule has 1 aromatic rings. The van der Waals surface area contributed by atoms with Gasteiger partial charge >= 0.3 is 0 Å². The highest BCUT2D eigenvalue weighted by Crippen LogP contribution is 2.23. The Kier molecular flexibility index (Phi) is 3.56. The third-order valence-electron chi connectivity index (χ3n) is 1.98. The quantitative estimate of drug-likeness (QED) is 0.706. The fourth-order valence-corrected chi connectivity index (χ4v) is 1.64. The lowest BCUT2D eigenvalue weighted by atomic mass is 9.90. The molecule has 1 nitrogen and oxygen atoms in total. The summed E-state index contributed by atoms with van der Waals surface area (Å²) >= 11 is 0. The first-order valence-electron chi connectivity index (χ1n) is 5.19. The molecular formula is C13H20O. The first kappa shape index (κ1) is 11.1. The molecule has 0 amide bonds. The van der Waals surface area contributed by atoms with Crippen molar-refractivity contribution in [1.82, 2.24) is 0 Å². The molecule has 0 radical (unpaired) electrons. The van der Waals surface area contributed by atoms with Crippen molar-refractivity contribution >= 4 is 0 Å². The van der Waals surface area contributed by atoms with Gasteiger partial charge in [0, 0.05) is 0 Å². The van der Waals surface area contributed by atoms with E-state index >= 15 is 0 Å². The van der Waals surface area contributed by atoms with Gasteiger partial charge in [0.15, 0.2) is 0 Å². The van der Waals surface area contributed by atoms with E-state index in [0.29, 0.717) is 5.41 Å². The highest BCUT2D eigenvalue weighted by molar-refractivity contribution is 5.21. The van der Waals surface area contributed by atoms with Crippen LogP contribution < -0.4 is 4.74 Å². The summed E-state index contributed by atoms with van der Waals surface area (Å²) in [4.78, 5) is 0. The molecule has 1 rings (SSSR count). The minimum absolute atomic E-state index is 0.275. The average Bonchev–Trinajstić information content (AvgIpc) is 2.02. The second-order valence-corrected chi connectivity index (χ2v) is 5.01. The van der Waals surface area contributed by atoms with Gasteiger partial charge in [0.2, 0.25) is 0 Å². The summed E-state index contributed by atoms with van der Waals surface area (Å²) in [5.74, 6) is 0.962. The summed E-state index contributed by atoms with van der Waals surface area (Å²) in [5.41, 5.74) is 0.328. The largest absolute Gasteiger partial charge is 0.491 e. The van der Waals surface area contributed by atoms with Crippen molar-refractivity contribution in [3.63, 3.8) is 0 Å². The molecule has 0 N–H and O–H groups in total. The Morgan fingerprint density at radius 1 is 1.14 bits per heavy atom. The van der Waals surface area contributed by atoms with Crippen molar-refractivity contribution in [2.75, 3.05) is 0 Å². The van der Waals surface area contributed by atoms with Crippen molar-refractivity contribution in [2.24, 2.45) is 5.41 Å². The summed E-state index contributed by atoms with van der Waals surface area (Å²) in [6.07, 6.45) is 1.35. The lowest BCUT2D eigenvalue weighted by molar-refractivity contribution is 0.160. The van der Waals surface area contributed by atoms with Gasteiger partial charge in [0.25, 0.3) is 0 Å². The zero-order valence-corrected chi connectivity index (χ0v) is 9.58. The number of benzene rings is 1. The molecule has 0 heterocycles. The number of hydrogen-bond donors (Lipinski definition) is 0. The molecule has 1 atom stereocenters. The number of para-hydroxylation sites is 1. The van der Waals surface area contributed by atoms with Crippen molar-refractivity contribution in [2.45, 2.75) is 40.2 Å². The van der Waals surface area contributed by atoms with Crippen molar-refractivity contribution in [3.05, 3.63) is 30.3 Å². The van der Waals surface area contributed by atoms with Crippen LogP contribution in [0.25, 0.3) is 0 Å². The summed E-state index contributed by atoms with van der Waals surface area (Å²) in [6.45, 7) is 8.83. The van der Waals surface area contributed by atoms with Crippen LogP contribution in [0.4, 0.5) is 0 Å². The first-order chi connectivity index (χ1) is 6.47. The molecule has 0 saturated heterocycles. The van der Waals surface area contributed by atoms with Crippen LogP contribution in [-0.4, -0.2) is 6.10 Å². The van der Waals surface area contributed by atoms with Gasteiger partial charge in [-0.2, -0.15) is 0 Å². The number of rotatable bonds is 3. The Morgan fingerprint density at radius 2 is 1.71 bits per heavy atom. The molecule has 1 aromatic carbocycles. The molecule has 78 valence electrons. The van der Waals surface area contributed by atoms with Gasteiger partial charge in [0.05, 0.1) is 6.10 Å². The molecule has 0 spiro atoms. The van der Waals surface area contributed by atoms with Crippen molar-refractivity contribution in [1.29, 1.82) is 0 Å². The Balaban J connectivity index is 2.46. The van der Waals surface area contributed by atoms with Crippen LogP contribution in [0.15, 0.2) is 30.3 Å². The minimum atomic E-state index is 0.275. The maximum Gasteiger partial charge on any atom is 0.119 e. The molecule has 0 aliphatic carbocycles. The average molecular weight is 192 g/mol. The summed E-state index contributed by atoms with van der Waals surface area (Å²) in [5, 5.41) is 0. The fourth-order valence-electron chi connectivity index (χ4n) is 1.64. The molecule has 0 aromatic heterocycles.